The van der Waals surface area contributed by atoms with Crippen molar-refractivity contribution in [2.75, 3.05) is 7.05 Å². The number of benzene rings is 1. The Morgan fingerprint density at radius 1 is 1.33 bits per heavy atom. The number of thiophene rings is 1. The van der Waals surface area contributed by atoms with E-state index in [1.807, 2.05) is 19.1 Å². The number of aromatic nitrogens is 2. The highest BCUT2D eigenvalue weighted by Gasteiger charge is 2.16. The summed E-state index contributed by atoms with van der Waals surface area (Å²) in [6.45, 7) is 2.41. The Kier molecular flexibility index (Phi) is 3.66. The van der Waals surface area contributed by atoms with Crippen molar-refractivity contribution in [2.45, 2.75) is 13.5 Å². The molecule has 0 aliphatic heterocycles. The number of amides is 1. The summed E-state index contributed by atoms with van der Waals surface area (Å²) in [6, 6.07) is 10.4. The molecule has 0 unspecified atom stereocenters. The number of aryl methyl sites for hydroxylation is 1. The second-order valence-corrected chi connectivity index (χ2v) is 6.10. The van der Waals surface area contributed by atoms with Gasteiger partial charge in [0.25, 0.3) is 5.91 Å². The van der Waals surface area contributed by atoms with Gasteiger partial charge in [-0.2, -0.15) is 0 Å². The summed E-state index contributed by atoms with van der Waals surface area (Å²) in [7, 11) is 1.80. The van der Waals surface area contributed by atoms with E-state index in [9.17, 15) is 4.79 Å². The second-order valence-electron chi connectivity index (χ2n) is 4.93. The minimum Gasteiger partial charge on any atom is -0.336 e. The van der Waals surface area contributed by atoms with Crippen molar-refractivity contribution in [3.8, 4) is 0 Å². The van der Waals surface area contributed by atoms with Gasteiger partial charge < -0.3 is 4.90 Å². The third-order valence-corrected chi connectivity index (χ3v) is 4.46. The van der Waals surface area contributed by atoms with Crippen molar-refractivity contribution in [3.05, 3.63) is 59.0 Å². The molecule has 0 saturated heterocycles. The van der Waals surface area contributed by atoms with E-state index in [4.69, 9.17) is 0 Å². The van der Waals surface area contributed by atoms with Crippen LogP contribution in [0.2, 0.25) is 0 Å². The van der Waals surface area contributed by atoms with Gasteiger partial charge in [0.1, 0.15) is 6.33 Å². The van der Waals surface area contributed by atoms with E-state index in [1.165, 1.54) is 21.3 Å². The highest BCUT2D eigenvalue weighted by molar-refractivity contribution is 7.19. The molecule has 4 nitrogen and oxygen atoms in total. The highest BCUT2D eigenvalue weighted by Crippen LogP contribution is 2.26. The number of carbonyl (C=O) groups is 1. The first-order valence-electron chi connectivity index (χ1n) is 6.64. The molecular weight excluding hydrogens is 282 g/mol. The average Bonchev–Trinajstić information content (AvgIpc) is 2.89. The molecule has 1 amide bonds. The number of nitrogens with zero attached hydrogens (tertiary/aromatic N) is 3. The van der Waals surface area contributed by atoms with E-state index in [0.29, 0.717) is 17.8 Å². The zero-order valence-corrected chi connectivity index (χ0v) is 12.7. The van der Waals surface area contributed by atoms with Gasteiger partial charge in [0.05, 0.1) is 17.8 Å². The first-order chi connectivity index (χ1) is 10.1. The molecule has 2 heterocycles. The second kappa shape index (κ2) is 5.61. The summed E-state index contributed by atoms with van der Waals surface area (Å²) in [4.78, 5) is 23.3. The van der Waals surface area contributed by atoms with Crippen molar-refractivity contribution < 1.29 is 4.79 Å². The Balaban J connectivity index is 1.81. The maximum atomic E-state index is 12.4. The van der Waals surface area contributed by atoms with Gasteiger partial charge in [0, 0.05) is 22.8 Å². The van der Waals surface area contributed by atoms with E-state index >= 15 is 0 Å². The van der Waals surface area contributed by atoms with Crippen LogP contribution in [0.1, 0.15) is 20.9 Å². The van der Waals surface area contributed by atoms with Gasteiger partial charge in [-0.25, -0.2) is 9.97 Å². The van der Waals surface area contributed by atoms with Crippen molar-refractivity contribution >= 4 is 27.3 Å². The lowest BCUT2D eigenvalue weighted by molar-refractivity contribution is 0.0785. The molecule has 0 saturated carbocycles. The van der Waals surface area contributed by atoms with Crippen molar-refractivity contribution in [3.63, 3.8) is 0 Å². The Morgan fingerprint density at radius 3 is 2.90 bits per heavy atom. The smallest absolute Gasteiger partial charge is 0.257 e. The Bertz CT molecular complexity index is 764. The number of fused-ring (bicyclic) bond motifs is 1. The number of hydrogen-bond donors (Lipinski definition) is 0. The van der Waals surface area contributed by atoms with Crippen LogP contribution in [0.3, 0.4) is 0 Å². The van der Waals surface area contributed by atoms with Gasteiger partial charge in [-0.1, -0.05) is 18.2 Å². The van der Waals surface area contributed by atoms with E-state index in [1.54, 1.807) is 29.5 Å². The molecule has 0 N–H and O–H groups in total. The summed E-state index contributed by atoms with van der Waals surface area (Å²) in [6.07, 6.45) is 3.03. The first-order valence-corrected chi connectivity index (χ1v) is 7.46. The molecule has 0 spiro atoms. The third-order valence-electron chi connectivity index (χ3n) is 3.36. The molecule has 21 heavy (non-hydrogen) atoms. The van der Waals surface area contributed by atoms with Gasteiger partial charge >= 0.3 is 0 Å². The minimum absolute atomic E-state index is 0.0504. The van der Waals surface area contributed by atoms with Gasteiger partial charge in [-0.05, 0) is 24.4 Å². The number of carbonyl (C=O) groups excluding carboxylic acids is 1. The summed E-state index contributed by atoms with van der Waals surface area (Å²) >= 11 is 1.72. The average molecular weight is 297 g/mol. The van der Waals surface area contributed by atoms with E-state index in [0.717, 1.165) is 0 Å². The lowest BCUT2D eigenvalue weighted by Gasteiger charge is -2.16. The third kappa shape index (κ3) is 2.78. The van der Waals surface area contributed by atoms with Crippen molar-refractivity contribution in [2.24, 2.45) is 0 Å². The largest absolute Gasteiger partial charge is 0.336 e. The summed E-state index contributed by atoms with van der Waals surface area (Å²) in [5, 5.41) is 1.22. The van der Waals surface area contributed by atoms with Crippen LogP contribution < -0.4 is 0 Å². The Hall–Kier alpha value is -2.27. The maximum Gasteiger partial charge on any atom is 0.257 e. The lowest BCUT2D eigenvalue weighted by atomic mass is 10.2. The van der Waals surface area contributed by atoms with Crippen LogP contribution in [-0.2, 0) is 6.54 Å². The van der Waals surface area contributed by atoms with Crippen LogP contribution >= 0.6 is 11.3 Å². The van der Waals surface area contributed by atoms with Crippen LogP contribution in [-0.4, -0.2) is 27.8 Å². The van der Waals surface area contributed by atoms with Gasteiger partial charge in [0.15, 0.2) is 0 Å². The number of rotatable bonds is 3. The minimum atomic E-state index is -0.0504. The first kappa shape index (κ1) is 13.7. The topological polar surface area (TPSA) is 46.1 Å². The zero-order valence-electron chi connectivity index (χ0n) is 11.9. The highest BCUT2D eigenvalue weighted by atomic mass is 32.1. The lowest BCUT2D eigenvalue weighted by Crippen LogP contribution is -2.26. The molecule has 2 aromatic heterocycles. The quantitative estimate of drug-likeness (QED) is 0.745. The molecule has 3 rings (SSSR count). The van der Waals surface area contributed by atoms with Crippen LogP contribution in [0, 0.1) is 6.92 Å². The summed E-state index contributed by atoms with van der Waals surface area (Å²) in [5.74, 6) is -0.0504. The molecule has 3 aromatic rings. The van der Waals surface area contributed by atoms with E-state index in [2.05, 4.69) is 28.2 Å². The standard InChI is InChI=1S/C16H15N3OS/c1-11-14(8-17-10-18-11)16(20)19(2)9-13-7-12-5-3-4-6-15(12)21-13/h3-8,10H,9H2,1-2H3. The fourth-order valence-corrected chi connectivity index (χ4v) is 3.34. The molecule has 106 valence electrons. The van der Waals surface area contributed by atoms with Crippen LogP contribution in [0.4, 0.5) is 0 Å². The van der Waals surface area contributed by atoms with E-state index in [-0.39, 0.29) is 5.91 Å². The molecule has 0 bridgehead atoms. The Morgan fingerprint density at radius 2 is 2.14 bits per heavy atom. The Labute approximate surface area is 127 Å². The normalized spacial score (nSPS) is 10.8. The summed E-state index contributed by atoms with van der Waals surface area (Å²) in [5.41, 5.74) is 1.26. The van der Waals surface area contributed by atoms with Crippen LogP contribution in [0.15, 0.2) is 42.9 Å². The van der Waals surface area contributed by atoms with Crippen molar-refractivity contribution in [1.29, 1.82) is 0 Å². The molecule has 0 aliphatic carbocycles. The van der Waals surface area contributed by atoms with Crippen LogP contribution in [0.25, 0.3) is 10.1 Å². The fourth-order valence-electron chi connectivity index (χ4n) is 2.23. The number of hydrogen-bond acceptors (Lipinski definition) is 4. The molecule has 0 radical (unpaired) electrons. The molecular formula is C16H15N3OS. The molecule has 0 atom stereocenters. The van der Waals surface area contributed by atoms with Crippen LogP contribution in [0.5, 0.6) is 0 Å². The monoisotopic (exact) mass is 297 g/mol. The fraction of sp³-hybridized carbons (Fsp3) is 0.188. The predicted molar refractivity (Wildman–Crippen MR) is 84.4 cm³/mol. The van der Waals surface area contributed by atoms with Crippen molar-refractivity contribution in [1.82, 2.24) is 14.9 Å². The predicted octanol–water partition coefficient (Wildman–Crippen LogP) is 3.27. The van der Waals surface area contributed by atoms with Gasteiger partial charge in [-0.15, -0.1) is 11.3 Å². The molecule has 5 heteroatoms. The zero-order chi connectivity index (χ0) is 14.8. The molecule has 0 fully saturated rings. The summed E-state index contributed by atoms with van der Waals surface area (Å²) < 4.78 is 1.24. The van der Waals surface area contributed by atoms with Gasteiger partial charge in [-0.3, -0.25) is 4.79 Å². The SMILES string of the molecule is Cc1ncncc1C(=O)N(C)Cc1cc2ccccc2s1. The molecule has 1 aromatic carbocycles. The maximum absolute atomic E-state index is 12.4. The van der Waals surface area contributed by atoms with Gasteiger partial charge in [0.2, 0.25) is 0 Å². The van der Waals surface area contributed by atoms with E-state index < -0.39 is 0 Å². The molecule has 0 aliphatic rings.